The molecule has 2 rings (SSSR count). The first-order valence-corrected chi connectivity index (χ1v) is 7.42. The molecule has 1 aromatic heterocycles. The maximum absolute atomic E-state index is 12.8. The van der Waals surface area contributed by atoms with Gasteiger partial charge in [0.05, 0.1) is 5.92 Å². The van der Waals surface area contributed by atoms with E-state index < -0.39 is 11.9 Å². The molecular weight excluding hydrogens is 331 g/mol. The van der Waals surface area contributed by atoms with E-state index in [9.17, 15) is 14.3 Å². The van der Waals surface area contributed by atoms with E-state index in [0.717, 1.165) is 14.9 Å². The lowest BCUT2D eigenvalue weighted by Crippen LogP contribution is -2.18. The van der Waals surface area contributed by atoms with E-state index in [1.807, 2.05) is 11.4 Å². The van der Waals surface area contributed by atoms with E-state index in [1.54, 1.807) is 12.1 Å². The second kappa shape index (κ2) is 6.30. The molecule has 100 valence electrons. The van der Waals surface area contributed by atoms with Crippen LogP contribution in [0.4, 0.5) is 4.39 Å². The Bertz CT molecular complexity index is 565. The first-order valence-electron chi connectivity index (χ1n) is 5.75. The molecule has 0 spiro atoms. The molecule has 0 saturated carbocycles. The SMILES string of the molecule is O=C(O)C(Cc1ccc(F)cc1)Cc1sccc1Br. The van der Waals surface area contributed by atoms with Crippen LogP contribution < -0.4 is 0 Å². The summed E-state index contributed by atoms with van der Waals surface area (Å²) in [5.74, 6) is -1.64. The number of hydrogen-bond acceptors (Lipinski definition) is 2. The highest BCUT2D eigenvalue weighted by atomic mass is 79.9. The first-order chi connectivity index (χ1) is 9.06. The third-order valence-corrected chi connectivity index (χ3v) is 4.82. The molecule has 0 radical (unpaired) electrons. The maximum Gasteiger partial charge on any atom is 0.307 e. The number of hydrogen-bond donors (Lipinski definition) is 1. The summed E-state index contributed by atoms with van der Waals surface area (Å²) >= 11 is 4.94. The molecule has 1 atom stereocenters. The van der Waals surface area contributed by atoms with Gasteiger partial charge in [-0.25, -0.2) is 4.39 Å². The summed E-state index contributed by atoms with van der Waals surface area (Å²) < 4.78 is 13.8. The van der Waals surface area contributed by atoms with Gasteiger partial charge in [-0.15, -0.1) is 11.3 Å². The van der Waals surface area contributed by atoms with Crippen molar-refractivity contribution in [3.05, 3.63) is 56.4 Å². The average Bonchev–Trinajstić information content (AvgIpc) is 2.77. The summed E-state index contributed by atoms with van der Waals surface area (Å²) in [5.41, 5.74) is 0.835. The number of carbonyl (C=O) groups is 1. The van der Waals surface area contributed by atoms with Gasteiger partial charge in [0.2, 0.25) is 0 Å². The zero-order chi connectivity index (χ0) is 13.8. The Hall–Kier alpha value is -1.20. The average molecular weight is 343 g/mol. The summed E-state index contributed by atoms with van der Waals surface area (Å²) in [6, 6.07) is 7.89. The van der Waals surface area contributed by atoms with Crippen LogP contribution in [-0.4, -0.2) is 11.1 Å². The van der Waals surface area contributed by atoms with Gasteiger partial charge in [-0.1, -0.05) is 12.1 Å². The Morgan fingerprint density at radius 2 is 1.95 bits per heavy atom. The van der Waals surface area contributed by atoms with Gasteiger partial charge >= 0.3 is 5.97 Å². The van der Waals surface area contributed by atoms with Gasteiger partial charge in [-0.2, -0.15) is 0 Å². The quantitative estimate of drug-likeness (QED) is 0.886. The van der Waals surface area contributed by atoms with Crippen molar-refractivity contribution in [2.24, 2.45) is 5.92 Å². The third-order valence-electron chi connectivity index (χ3n) is 2.87. The van der Waals surface area contributed by atoms with Crippen molar-refractivity contribution in [3.8, 4) is 0 Å². The Balaban J connectivity index is 2.10. The van der Waals surface area contributed by atoms with Gasteiger partial charge in [0.25, 0.3) is 0 Å². The predicted octanol–water partition coefficient (Wildman–Crippen LogP) is 4.14. The zero-order valence-electron chi connectivity index (χ0n) is 9.98. The van der Waals surface area contributed by atoms with E-state index in [0.29, 0.717) is 12.8 Å². The lowest BCUT2D eigenvalue weighted by molar-refractivity contribution is -0.141. The molecule has 0 aliphatic rings. The van der Waals surface area contributed by atoms with Gasteiger partial charge < -0.3 is 5.11 Å². The largest absolute Gasteiger partial charge is 0.481 e. The van der Waals surface area contributed by atoms with Crippen molar-refractivity contribution < 1.29 is 14.3 Å². The van der Waals surface area contributed by atoms with Crippen molar-refractivity contribution in [1.29, 1.82) is 0 Å². The van der Waals surface area contributed by atoms with Gasteiger partial charge in [0.1, 0.15) is 5.82 Å². The molecule has 1 unspecified atom stereocenters. The molecule has 0 aliphatic carbocycles. The first kappa shape index (κ1) is 14.2. The Labute approximate surface area is 123 Å². The van der Waals surface area contributed by atoms with Crippen LogP contribution in [0.5, 0.6) is 0 Å². The number of halogens is 2. The number of thiophene rings is 1. The highest BCUT2D eigenvalue weighted by molar-refractivity contribution is 9.10. The highest BCUT2D eigenvalue weighted by Crippen LogP contribution is 2.27. The third kappa shape index (κ3) is 3.88. The van der Waals surface area contributed by atoms with Crippen LogP contribution >= 0.6 is 27.3 Å². The molecule has 2 aromatic rings. The van der Waals surface area contributed by atoms with Crippen LogP contribution in [0.15, 0.2) is 40.2 Å². The van der Waals surface area contributed by atoms with Gasteiger partial charge in [0.15, 0.2) is 0 Å². The number of rotatable bonds is 5. The van der Waals surface area contributed by atoms with Crippen LogP contribution in [0.3, 0.4) is 0 Å². The van der Waals surface area contributed by atoms with Crippen LogP contribution in [-0.2, 0) is 17.6 Å². The number of carboxylic acid groups (broad SMARTS) is 1. The minimum Gasteiger partial charge on any atom is -0.481 e. The predicted molar refractivity (Wildman–Crippen MR) is 77.0 cm³/mol. The second-order valence-electron chi connectivity index (χ2n) is 4.26. The Morgan fingerprint density at radius 1 is 1.26 bits per heavy atom. The molecular formula is C14H12BrFO2S. The molecule has 0 aliphatic heterocycles. The van der Waals surface area contributed by atoms with Gasteiger partial charge in [-0.3, -0.25) is 4.79 Å². The Morgan fingerprint density at radius 3 is 2.47 bits per heavy atom. The standard InChI is InChI=1S/C14H12BrFO2S/c15-12-5-6-19-13(12)8-10(14(17)18)7-9-1-3-11(16)4-2-9/h1-6,10H,7-8H2,(H,17,18). The molecule has 1 N–H and O–H groups in total. The second-order valence-corrected chi connectivity index (χ2v) is 6.12. The van der Waals surface area contributed by atoms with Crippen molar-refractivity contribution in [2.45, 2.75) is 12.8 Å². The number of carboxylic acids is 1. The van der Waals surface area contributed by atoms with E-state index in [-0.39, 0.29) is 5.82 Å². The van der Waals surface area contributed by atoms with Crippen molar-refractivity contribution in [3.63, 3.8) is 0 Å². The summed E-state index contributed by atoms with van der Waals surface area (Å²) in [6.07, 6.45) is 0.880. The van der Waals surface area contributed by atoms with Crippen LogP contribution in [0, 0.1) is 11.7 Å². The summed E-state index contributed by atoms with van der Waals surface area (Å²) in [5, 5.41) is 11.2. The maximum atomic E-state index is 12.8. The van der Waals surface area contributed by atoms with Crippen LogP contribution in [0.2, 0.25) is 0 Å². The molecule has 0 saturated heterocycles. The molecule has 5 heteroatoms. The smallest absolute Gasteiger partial charge is 0.307 e. The van der Waals surface area contributed by atoms with E-state index in [1.165, 1.54) is 23.5 Å². The fourth-order valence-electron chi connectivity index (χ4n) is 1.85. The van der Waals surface area contributed by atoms with E-state index >= 15 is 0 Å². The highest BCUT2D eigenvalue weighted by Gasteiger charge is 2.20. The Kier molecular flexibility index (Phi) is 4.71. The number of aliphatic carboxylic acids is 1. The molecule has 1 aromatic carbocycles. The number of benzene rings is 1. The minimum atomic E-state index is -0.829. The molecule has 2 nitrogen and oxygen atoms in total. The van der Waals surface area contributed by atoms with Gasteiger partial charge in [0, 0.05) is 9.35 Å². The fourth-order valence-corrected chi connectivity index (χ4v) is 3.44. The molecule has 1 heterocycles. The lowest BCUT2D eigenvalue weighted by atomic mass is 9.95. The van der Waals surface area contributed by atoms with Crippen molar-refractivity contribution in [2.75, 3.05) is 0 Å². The zero-order valence-corrected chi connectivity index (χ0v) is 12.4. The van der Waals surface area contributed by atoms with Crippen LogP contribution in [0.25, 0.3) is 0 Å². The minimum absolute atomic E-state index is 0.309. The van der Waals surface area contributed by atoms with Crippen molar-refractivity contribution in [1.82, 2.24) is 0 Å². The van der Waals surface area contributed by atoms with Gasteiger partial charge in [-0.05, 0) is 57.9 Å². The van der Waals surface area contributed by atoms with E-state index in [4.69, 9.17) is 0 Å². The monoisotopic (exact) mass is 342 g/mol. The molecule has 0 fully saturated rings. The fraction of sp³-hybridized carbons (Fsp3) is 0.214. The van der Waals surface area contributed by atoms with Crippen molar-refractivity contribution >= 4 is 33.2 Å². The summed E-state index contributed by atoms with van der Waals surface area (Å²) in [7, 11) is 0. The topological polar surface area (TPSA) is 37.3 Å². The lowest BCUT2D eigenvalue weighted by Gasteiger charge is -2.11. The van der Waals surface area contributed by atoms with Crippen LogP contribution in [0.1, 0.15) is 10.4 Å². The normalized spacial score (nSPS) is 12.3. The van der Waals surface area contributed by atoms with E-state index in [2.05, 4.69) is 15.9 Å². The summed E-state index contributed by atoms with van der Waals surface area (Å²) in [6.45, 7) is 0. The molecule has 0 amide bonds. The molecule has 0 bridgehead atoms. The molecule has 19 heavy (non-hydrogen) atoms. The summed E-state index contributed by atoms with van der Waals surface area (Å²) in [4.78, 5) is 12.3.